The third kappa shape index (κ3) is 5.67. The molecule has 1 N–H and O–H groups in total. The number of hydrogen-bond donors (Lipinski definition) is 1. The fraction of sp³-hybridized carbons (Fsp3) is 0.938. The van der Waals surface area contributed by atoms with E-state index in [9.17, 15) is 8.42 Å². The van der Waals surface area contributed by atoms with Crippen LogP contribution in [0.5, 0.6) is 0 Å². The summed E-state index contributed by atoms with van der Waals surface area (Å²) >= 11 is 0. The maximum Gasteiger partial charge on any atom is 0.193 e. The van der Waals surface area contributed by atoms with Gasteiger partial charge < -0.3 is 15.0 Å². The van der Waals surface area contributed by atoms with E-state index in [1.165, 1.54) is 12.8 Å². The van der Waals surface area contributed by atoms with E-state index in [1.54, 1.807) is 28.0 Å². The van der Waals surface area contributed by atoms with Crippen LogP contribution in [-0.2, 0) is 14.6 Å². The number of nitrogens with one attached hydrogen (secondary N) is 1. The van der Waals surface area contributed by atoms with Crippen molar-refractivity contribution in [3.8, 4) is 0 Å². The van der Waals surface area contributed by atoms with Crippen LogP contribution in [0.15, 0.2) is 4.99 Å². The van der Waals surface area contributed by atoms with Gasteiger partial charge in [-0.15, -0.1) is 24.0 Å². The van der Waals surface area contributed by atoms with Crippen LogP contribution >= 0.6 is 24.0 Å². The Kier molecular flexibility index (Phi) is 8.89. The van der Waals surface area contributed by atoms with Crippen molar-refractivity contribution in [2.24, 2.45) is 4.99 Å². The normalized spacial score (nSPS) is 26.3. The molecule has 0 amide bonds. The second-order valence-corrected chi connectivity index (χ2v) is 10.00. The quantitative estimate of drug-likeness (QED) is 0.351. The number of aliphatic imine (C=N–C) groups is 1. The van der Waals surface area contributed by atoms with Crippen LogP contribution in [0.1, 0.15) is 26.7 Å². The topological polar surface area (TPSA) is 74.2 Å². The van der Waals surface area contributed by atoms with Crippen molar-refractivity contribution in [1.82, 2.24) is 15.1 Å². The van der Waals surface area contributed by atoms with Gasteiger partial charge in [0.25, 0.3) is 0 Å². The monoisotopic (exact) mass is 488 g/mol. The molecular weight excluding hydrogens is 455 g/mol. The fourth-order valence-corrected chi connectivity index (χ4v) is 4.86. The molecule has 2 aliphatic rings. The molecule has 0 aromatic carbocycles. The van der Waals surface area contributed by atoms with Gasteiger partial charge in [-0.05, 0) is 33.2 Å². The van der Waals surface area contributed by atoms with Gasteiger partial charge in [0.1, 0.15) is 0 Å². The summed E-state index contributed by atoms with van der Waals surface area (Å²) in [6.45, 7) is 8.23. The van der Waals surface area contributed by atoms with Crippen molar-refractivity contribution < 1.29 is 13.2 Å². The van der Waals surface area contributed by atoms with Gasteiger partial charge in [-0.3, -0.25) is 9.89 Å². The van der Waals surface area contributed by atoms with Crippen molar-refractivity contribution in [1.29, 1.82) is 0 Å². The molecule has 1 atom stereocenters. The largest absolute Gasteiger partial charge is 0.383 e. The molecule has 2 rings (SSSR count). The molecule has 0 radical (unpaired) electrons. The highest BCUT2D eigenvalue weighted by Gasteiger charge is 2.41. The lowest BCUT2D eigenvalue weighted by Gasteiger charge is -2.39. The minimum absolute atomic E-state index is 0. The molecule has 0 bridgehead atoms. The van der Waals surface area contributed by atoms with Gasteiger partial charge in [0, 0.05) is 46.4 Å². The summed E-state index contributed by atoms with van der Waals surface area (Å²) < 4.78 is 28.8. The third-order valence-corrected chi connectivity index (χ3v) is 7.67. The van der Waals surface area contributed by atoms with Gasteiger partial charge in [0.2, 0.25) is 0 Å². The van der Waals surface area contributed by atoms with Crippen LogP contribution in [0.3, 0.4) is 0 Å². The number of halogens is 1. The van der Waals surface area contributed by atoms with Crippen LogP contribution < -0.4 is 5.32 Å². The number of likely N-dealkylation sites (tertiary alicyclic amines) is 1. The maximum atomic E-state index is 12.2. The highest BCUT2D eigenvalue weighted by molar-refractivity contribution is 14.0. The number of nitrogens with zero attached hydrogens (tertiary/aromatic N) is 3. The molecule has 25 heavy (non-hydrogen) atoms. The lowest BCUT2D eigenvalue weighted by Crippen LogP contribution is -2.58. The van der Waals surface area contributed by atoms with Crippen molar-refractivity contribution >= 4 is 39.8 Å². The van der Waals surface area contributed by atoms with Crippen LogP contribution in [0.2, 0.25) is 0 Å². The van der Waals surface area contributed by atoms with E-state index in [1.807, 2.05) is 0 Å². The molecule has 0 aliphatic carbocycles. The van der Waals surface area contributed by atoms with Crippen LogP contribution in [0.25, 0.3) is 0 Å². The zero-order valence-electron chi connectivity index (χ0n) is 15.8. The van der Waals surface area contributed by atoms with Crippen molar-refractivity contribution in [3.63, 3.8) is 0 Å². The van der Waals surface area contributed by atoms with E-state index in [2.05, 4.69) is 20.1 Å². The second kappa shape index (κ2) is 9.70. The van der Waals surface area contributed by atoms with Crippen molar-refractivity contribution in [2.75, 3.05) is 59.2 Å². The molecule has 0 spiro atoms. The van der Waals surface area contributed by atoms with Crippen molar-refractivity contribution in [3.05, 3.63) is 0 Å². The summed E-state index contributed by atoms with van der Waals surface area (Å²) in [6.07, 6.45) is 2.39. The summed E-state index contributed by atoms with van der Waals surface area (Å²) in [4.78, 5) is 8.88. The first-order valence-electron chi connectivity index (χ1n) is 8.71. The first-order chi connectivity index (χ1) is 11.3. The third-order valence-electron chi connectivity index (χ3n) is 5.13. The van der Waals surface area contributed by atoms with Gasteiger partial charge in [-0.25, -0.2) is 8.42 Å². The highest BCUT2D eigenvalue weighted by atomic mass is 127. The predicted octanol–water partition coefficient (Wildman–Crippen LogP) is 0.800. The molecule has 2 aliphatic heterocycles. The number of ether oxygens (including phenoxy) is 1. The van der Waals surface area contributed by atoms with Gasteiger partial charge in [-0.2, -0.15) is 0 Å². The van der Waals surface area contributed by atoms with Gasteiger partial charge in [0.15, 0.2) is 15.8 Å². The zero-order chi connectivity index (χ0) is 17.8. The zero-order valence-corrected chi connectivity index (χ0v) is 19.0. The summed E-state index contributed by atoms with van der Waals surface area (Å²) in [6, 6.07) is 0.485. The smallest absolute Gasteiger partial charge is 0.193 e. The SMILES string of the molecule is CN=C(NCC1CCCN1CCOC)N1CCS(=O)(=O)C(C)(C)C1.I. The summed E-state index contributed by atoms with van der Waals surface area (Å²) in [5.41, 5.74) is 0. The Hall–Kier alpha value is -0.130. The number of sulfone groups is 1. The van der Waals surface area contributed by atoms with E-state index in [-0.39, 0.29) is 29.7 Å². The first kappa shape index (κ1) is 22.9. The number of rotatable bonds is 5. The molecule has 1 unspecified atom stereocenters. The molecule has 0 aromatic rings. The standard InChI is InChI=1S/C16H32N4O3S.HI/c1-16(2)13-20(9-11-24(16,21)22)15(17-3)18-12-14-6-5-7-19(14)8-10-23-4;/h14H,5-13H2,1-4H3,(H,17,18);1H. The predicted molar refractivity (Wildman–Crippen MR) is 113 cm³/mol. The lowest BCUT2D eigenvalue weighted by molar-refractivity contribution is 0.141. The summed E-state index contributed by atoms with van der Waals surface area (Å²) in [5, 5.41) is 3.45. The number of methoxy groups -OCH3 is 1. The Morgan fingerprint density at radius 3 is 2.68 bits per heavy atom. The van der Waals surface area contributed by atoms with E-state index in [0.717, 1.165) is 32.2 Å². The Labute approximate surface area is 169 Å². The minimum atomic E-state index is -3.03. The van der Waals surface area contributed by atoms with Gasteiger partial charge in [-0.1, -0.05) is 0 Å². The summed E-state index contributed by atoms with van der Waals surface area (Å²) in [7, 11) is 0.461. The van der Waals surface area contributed by atoms with Crippen LogP contribution in [0, 0.1) is 0 Å². The average Bonchev–Trinajstić information content (AvgIpc) is 2.96. The molecule has 2 saturated heterocycles. The lowest BCUT2D eigenvalue weighted by atomic mass is 10.2. The molecule has 2 heterocycles. The van der Waals surface area contributed by atoms with Crippen LogP contribution in [0.4, 0.5) is 0 Å². The van der Waals surface area contributed by atoms with E-state index < -0.39 is 14.6 Å². The molecule has 0 saturated carbocycles. The maximum absolute atomic E-state index is 12.2. The Balaban J connectivity index is 0.00000312. The van der Waals surface area contributed by atoms with Crippen LogP contribution in [-0.4, -0.2) is 94.2 Å². The highest BCUT2D eigenvalue weighted by Crippen LogP contribution is 2.24. The number of hydrogen-bond acceptors (Lipinski definition) is 5. The molecule has 9 heteroatoms. The fourth-order valence-electron chi connectivity index (χ4n) is 3.50. The minimum Gasteiger partial charge on any atom is -0.383 e. The van der Waals surface area contributed by atoms with E-state index in [0.29, 0.717) is 19.1 Å². The van der Waals surface area contributed by atoms with Gasteiger partial charge in [0.05, 0.1) is 17.1 Å². The van der Waals surface area contributed by atoms with Crippen molar-refractivity contribution in [2.45, 2.75) is 37.5 Å². The first-order valence-corrected chi connectivity index (χ1v) is 10.4. The molecule has 0 aromatic heterocycles. The molecule has 148 valence electrons. The number of guanidine groups is 1. The molecular formula is C16H33IN4O3S. The molecule has 7 nitrogen and oxygen atoms in total. The van der Waals surface area contributed by atoms with Gasteiger partial charge >= 0.3 is 0 Å². The Morgan fingerprint density at radius 2 is 2.08 bits per heavy atom. The second-order valence-electron chi connectivity index (χ2n) is 7.25. The van der Waals surface area contributed by atoms with E-state index in [4.69, 9.17) is 4.74 Å². The average molecular weight is 488 g/mol. The molecule has 2 fully saturated rings. The van der Waals surface area contributed by atoms with E-state index >= 15 is 0 Å². The Bertz CT molecular complexity index is 554. The Morgan fingerprint density at radius 1 is 1.36 bits per heavy atom. The summed E-state index contributed by atoms with van der Waals surface area (Å²) in [5.74, 6) is 0.987.